The molecule has 0 spiro atoms. The van der Waals surface area contributed by atoms with E-state index in [4.69, 9.17) is 9.47 Å². The van der Waals surface area contributed by atoms with E-state index in [-0.39, 0.29) is 9.79 Å². The van der Waals surface area contributed by atoms with Crippen molar-refractivity contribution < 1.29 is 17.9 Å². The quantitative estimate of drug-likeness (QED) is 0.373. The Bertz CT molecular complexity index is 1190. The van der Waals surface area contributed by atoms with Crippen molar-refractivity contribution in [3.63, 3.8) is 0 Å². The van der Waals surface area contributed by atoms with E-state index in [1.807, 2.05) is 19.1 Å². The van der Waals surface area contributed by atoms with Crippen LogP contribution in [0.3, 0.4) is 0 Å². The zero-order valence-electron chi connectivity index (χ0n) is 18.5. The molecule has 0 N–H and O–H groups in total. The Morgan fingerprint density at radius 2 is 1.50 bits per heavy atom. The summed E-state index contributed by atoms with van der Waals surface area (Å²) in [5, 5.41) is 9.53. The highest BCUT2D eigenvalue weighted by Crippen LogP contribution is 2.32. The minimum Gasteiger partial charge on any atom is -0.492 e. The van der Waals surface area contributed by atoms with Crippen molar-refractivity contribution in [3.05, 3.63) is 77.9 Å². The van der Waals surface area contributed by atoms with Crippen molar-refractivity contribution in [1.82, 2.24) is 0 Å². The summed E-state index contributed by atoms with van der Waals surface area (Å²) in [6, 6.07) is 20.5. The van der Waals surface area contributed by atoms with Gasteiger partial charge in [-0.25, -0.2) is 8.42 Å². The van der Waals surface area contributed by atoms with Crippen molar-refractivity contribution in [2.75, 3.05) is 6.61 Å². The van der Waals surface area contributed by atoms with E-state index < -0.39 is 9.84 Å². The van der Waals surface area contributed by atoms with Crippen LogP contribution in [0.25, 0.3) is 0 Å². The highest BCUT2D eigenvalue weighted by molar-refractivity contribution is 7.91. The molecule has 0 saturated carbocycles. The molecule has 6 heteroatoms. The van der Waals surface area contributed by atoms with Gasteiger partial charge in [-0.15, -0.1) is 0 Å². The van der Waals surface area contributed by atoms with Crippen LogP contribution in [0.2, 0.25) is 0 Å². The molecule has 1 unspecified atom stereocenters. The second-order valence-corrected chi connectivity index (χ2v) is 9.49. The van der Waals surface area contributed by atoms with Crippen molar-refractivity contribution in [1.29, 1.82) is 5.26 Å². The van der Waals surface area contributed by atoms with E-state index in [2.05, 4.69) is 19.9 Å². The second kappa shape index (κ2) is 10.3. The molecule has 5 nitrogen and oxygen atoms in total. The number of hydrogen-bond donors (Lipinski definition) is 0. The summed E-state index contributed by atoms with van der Waals surface area (Å²) < 4.78 is 37.5. The van der Waals surface area contributed by atoms with Crippen LogP contribution in [0.4, 0.5) is 0 Å². The third-order valence-corrected chi connectivity index (χ3v) is 7.08. The summed E-state index contributed by atoms with van der Waals surface area (Å²) in [4.78, 5) is 0.437. The normalized spacial score (nSPS) is 12.1. The van der Waals surface area contributed by atoms with Crippen LogP contribution in [0, 0.1) is 11.3 Å². The average Bonchev–Trinajstić information content (AvgIpc) is 2.82. The predicted octanol–water partition coefficient (Wildman–Crippen LogP) is 6.49. The first-order valence-electron chi connectivity index (χ1n) is 10.7. The number of sulfone groups is 1. The monoisotopic (exact) mass is 449 g/mol. The first-order valence-corrected chi connectivity index (χ1v) is 12.2. The Morgan fingerprint density at radius 1 is 0.906 bits per heavy atom. The Labute approximate surface area is 190 Å². The molecule has 0 bridgehead atoms. The molecule has 0 aliphatic carbocycles. The summed E-state index contributed by atoms with van der Waals surface area (Å²) in [5.41, 5.74) is 1.42. The molecule has 0 heterocycles. The molecule has 3 aromatic carbocycles. The molecule has 0 saturated heterocycles. The summed E-state index contributed by atoms with van der Waals surface area (Å²) in [5.74, 6) is 1.64. The SMILES string of the molecule is CCCOc1cccc(Oc2ccc(S(=O)(=O)c3ccc(C(C)CC)cc3)cc2)c1C#N. The van der Waals surface area contributed by atoms with Gasteiger partial charge in [0.15, 0.2) is 0 Å². The van der Waals surface area contributed by atoms with Gasteiger partial charge in [0.05, 0.1) is 16.4 Å². The van der Waals surface area contributed by atoms with Gasteiger partial charge in [0, 0.05) is 0 Å². The van der Waals surface area contributed by atoms with Crippen LogP contribution >= 0.6 is 0 Å². The van der Waals surface area contributed by atoms with Crippen molar-refractivity contribution in [2.24, 2.45) is 0 Å². The van der Waals surface area contributed by atoms with E-state index in [1.54, 1.807) is 42.5 Å². The van der Waals surface area contributed by atoms with Crippen LogP contribution in [-0.2, 0) is 9.84 Å². The summed E-state index contributed by atoms with van der Waals surface area (Å²) >= 11 is 0. The molecular weight excluding hydrogens is 422 g/mol. The number of ether oxygens (including phenoxy) is 2. The molecule has 1 atom stereocenters. The Hall–Kier alpha value is -3.30. The first kappa shape index (κ1) is 23.4. The maximum atomic E-state index is 13.0. The highest BCUT2D eigenvalue weighted by Gasteiger charge is 2.18. The molecule has 0 aliphatic rings. The fraction of sp³-hybridized carbons (Fsp3) is 0.269. The van der Waals surface area contributed by atoms with Crippen molar-refractivity contribution in [3.8, 4) is 23.3 Å². The van der Waals surface area contributed by atoms with E-state index in [0.29, 0.717) is 35.3 Å². The third kappa shape index (κ3) is 5.12. The maximum Gasteiger partial charge on any atom is 0.206 e. The largest absolute Gasteiger partial charge is 0.492 e. The number of nitrogens with zero attached hydrogens (tertiary/aromatic N) is 1. The second-order valence-electron chi connectivity index (χ2n) is 7.54. The van der Waals surface area contributed by atoms with E-state index in [0.717, 1.165) is 18.4 Å². The Balaban J connectivity index is 1.82. The van der Waals surface area contributed by atoms with Gasteiger partial charge < -0.3 is 9.47 Å². The predicted molar refractivity (Wildman–Crippen MR) is 124 cm³/mol. The molecule has 3 aromatic rings. The van der Waals surface area contributed by atoms with Crippen LogP contribution in [0.1, 0.15) is 50.7 Å². The summed E-state index contributed by atoms with van der Waals surface area (Å²) in [7, 11) is -3.64. The number of rotatable bonds is 9. The highest BCUT2D eigenvalue weighted by atomic mass is 32.2. The fourth-order valence-electron chi connectivity index (χ4n) is 3.20. The average molecular weight is 450 g/mol. The Kier molecular flexibility index (Phi) is 7.55. The van der Waals surface area contributed by atoms with Gasteiger partial charge in [-0.2, -0.15) is 5.26 Å². The summed E-state index contributed by atoms with van der Waals surface area (Å²) in [6.07, 6.45) is 1.82. The molecule has 0 aliphatic heterocycles. The lowest BCUT2D eigenvalue weighted by Gasteiger charge is -2.12. The van der Waals surface area contributed by atoms with Crippen molar-refractivity contribution in [2.45, 2.75) is 49.3 Å². The zero-order valence-corrected chi connectivity index (χ0v) is 19.4. The van der Waals surface area contributed by atoms with Crippen molar-refractivity contribution >= 4 is 9.84 Å². The molecule has 166 valence electrons. The molecule has 0 aromatic heterocycles. The lowest BCUT2D eigenvalue weighted by molar-refractivity contribution is 0.315. The molecule has 3 rings (SSSR count). The van der Waals surface area contributed by atoms with E-state index in [9.17, 15) is 13.7 Å². The number of hydrogen-bond acceptors (Lipinski definition) is 5. The number of benzene rings is 3. The van der Waals surface area contributed by atoms with Crippen LogP contribution in [0.5, 0.6) is 17.2 Å². The lowest BCUT2D eigenvalue weighted by atomic mass is 9.99. The Morgan fingerprint density at radius 3 is 2.06 bits per heavy atom. The van der Waals surface area contributed by atoms with Crippen LogP contribution in [-0.4, -0.2) is 15.0 Å². The summed E-state index contributed by atoms with van der Waals surface area (Å²) in [6.45, 7) is 6.71. The lowest BCUT2D eigenvalue weighted by Crippen LogP contribution is -2.03. The first-order chi connectivity index (χ1) is 15.4. The zero-order chi connectivity index (χ0) is 23.1. The van der Waals surface area contributed by atoms with Crippen LogP contribution < -0.4 is 9.47 Å². The third-order valence-electron chi connectivity index (χ3n) is 5.30. The van der Waals surface area contributed by atoms with Gasteiger partial charge in [-0.1, -0.05) is 39.0 Å². The van der Waals surface area contributed by atoms with Gasteiger partial charge in [0.25, 0.3) is 0 Å². The smallest absolute Gasteiger partial charge is 0.206 e. The standard InChI is InChI=1S/C26H27NO4S/c1-4-17-30-25-7-6-8-26(24(25)18-27)31-21-11-15-23(16-12-21)32(28,29)22-13-9-20(10-14-22)19(3)5-2/h6-16,19H,4-5,17H2,1-3H3. The molecule has 0 radical (unpaired) electrons. The van der Waals surface area contributed by atoms with Gasteiger partial charge >= 0.3 is 0 Å². The van der Waals surface area contributed by atoms with Gasteiger partial charge in [-0.3, -0.25) is 0 Å². The van der Waals surface area contributed by atoms with Gasteiger partial charge in [-0.05, 0) is 72.9 Å². The minimum atomic E-state index is -3.64. The van der Waals surface area contributed by atoms with Gasteiger partial charge in [0.2, 0.25) is 9.84 Å². The number of nitriles is 1. The fourth-order valence-corrected chi connectivity index (χ4v) is 4.46. The maximum absolute atomic E-state index is 13.0. The van der Waals surface area contributed by atoms with E-state index in [1.165, 1.54) is 12.1 Å². The van der Waals surface area contributed by atoms with Gasteiger partial charge in [0.1, 0.15) is 28.9 Å². The van der Waals surface area contributed by atoms with E-state index >= 15 is 0 Å². The molecule has 0 amide bonds. The molecule has 32 heavy (non-hydrogen) atoms. The van der Waals surface area contributed by atoms with Crippen LogP contribution in [0.15, 0.2) is 76.5 Å². The topological polar surface area (TPSA) is 76.4 Å². The molecule has 0 fully saturated rings. The minimum absolute atomic E-state index is 0.182. The molecular formula is C26H27NO4S.